The van der Waals surface area contributed by atoms with Crippen LogP contribution in [0.15, 0.2) is 0 Å². The maximum absolute atomic E-state index is 12.3. The predicted molar refractivity (Wildman–Crippen MR) is 119 cm³/mol. The Hall–Kier alpha value is -1.83. The number of hydrogen-bond acceptors (Lipinski definition) is 9. The van der Waals surface area contributed by atoms with E-state index in [0.717, 1.165) is 12.8 Å². The number of unbranched alkanes of at least 4 members (excludes halogenated alkanes) is 1. The van der Waals surface area contributed by atoms with Crippen molar-refractivity contribution in [2.24, 2.45) is 5.41 Å². The molecule has 5 atom stereocenters. The molecule has 0 radical (unpaired) electrons. The highest BCUT2D eigenvalue weighted by molar-refractivity contribution is 5.84. The average molecular weight is 490 g/mol. The smallest absolute Gasteiger partial charge is 0.241 e. The monoisotopic (exact) mass is 489 g/mol. The van der Waals surface area contributed by atoms with Crippen molar-refractivity contribution in [1.82, 2.24) is 15.5 Å². The second-order valence-electron chi connectivity index (χ2n) is 9.39. The van der Waals surface area contributed by atoms with Gasteiger partial charge in [0.25, 0.3) is 0 Å². The molecule has 0 aromatic rings. The van der Waals surface area contributed by atoms with E-state index < -0.39 is 43.2 Å². The maximum Gasteiger partial charge on any atom is 0.241 e. The zero-order valence-corrected chi connectivity index (χ0v) is 19.9. The summed E-state index contributed by atoms with van der Waals surface area (Å²) in [5, 5.41) is 44.1. The van der Waals surface area contributed by atoms with Crippen molar-refractivity contribution >= 4 is 17.7 Å². The van der Waals surface area contributed by atoms with Gasteiger partial charge in [0.15, 0.2) is 6.29 Å². The molecule has 2 unspecified atom stereocenters. The van der Waals surface area contributed by atoms with Crippen LogP contribution in [0.25, 0.3) is 0 Å². The molecular formula is C22H39N3O9. The van der Waals surface area contributed by atoms with Crippen LogP contribution in [0.2, 0.25) is 0 Å². The van der Waals surface area contributed by atoms with Crippen molar-refractivity contribution in [3.63, 3.8) is 0 Å². The van der Waals surface area contributed by atoms with E-state index in [2.05, 4.69) is 10.6 Å². The van der Waals surface area contributed by atoms with Crippen LogP contribution in [0.4, 0.5) is 0 Å². The number of nitrogens with zero attached hydrogens (tertiary/aromatic N) is 1. The number of nitrogens with one attached hydrogen (secondary N) is 2. The first kappa shape index (κ1) is 28.4. The summed E-state index contributed by atoms with van der Waals surface area (Å²) < 4.78 is 11.1. The number of aliphatic hydroxyl groups is 4. The molecule has 2 aliphatic rings. The molecule has 0 spiro atoms. The normalized spacial score (nSPS) is 28.9. The van der Waals surface area contributed by atoms with Crippen LogP contribution in [0.1, 0.15) is 46.0 Å². The van der Waals surface area contributed by atoms with Crippen LogP contribution >= 0.6 is 0 Å². The largest absolute Gasteiger partial charge is 0.396 e. The van der Waals surface area contributed by atoms with Gasteiger partial charge < -0.3 is 45.4 Å². The molecule has 6 N–H and O–H groups in total. The SMILES string of the molecule is CC(=O)NC1[C@H](OCCCCC(=O)NCC(=O)N2CCC(C)(CO)CC2)OC(CO)[C@H](O)[C@@H]1O. The Morgan fingerprint density at radius 3 is 2.38 bits per heavy atom. The van der Waals surface area contributed by atoms with E-state index in [1.54, 1.807) is 4.90 Å². The van der Waals surface area contributed by atoms with Gasteiger partial charge in [-0.15, -0.1) is 0 Å². The van der Waals surface area contributed by atoms with Crippen LogP contribution in [-0.4, -0.2) is 113 Å². The first-order chi connectivity index (χ1) is 16.1. The summed E-state index contributed by atoms with van der Waals surface area (Å²) in [4.78, 5) is 37.5. The standard InChI is InChI=1S/C22H39N3O9/c1-14(28)24-18-20(32)19(31)15(12-26)34-21(18)33-10-4-3-5-16(29)23-11-17(30)25-8-6-22(2,13-27)7-9-25/h15,18-21,26-27,31-32H,3-13H2,1-2H3,(H,23,29)(H,24,28)/t15?,18?,19-,20+,21+/m0/s1. The zero-order chi connectivity index (χ0) is 25.3. The predicted octanol–water partition coefficient (Wildman–Crippen LogP) is -2.15. The van der Waals surface area contributed by atoms with Crippen LogP contribution < -0.4 is 10.6 Å². The molecule has 2 heterocycles. The lowest BCUT2D eigenvalue weighted by Gasteiger charge is -2.42. The van der Waals surface area contributed by atoms with Gasteiger partial charge in [-0.05, 0) is 31.1 Å². The van der Waals surface area contributed by atoms with Gasteiger partial charge >= 0.3 is 0 Å². The van der Waals surface area contributed by atoms with Crippen LogP contribution in [0.3, 0.4) is 0 Å². The first-order valence-electron chi connectivity index (χ1n) is 11.8. The molecule has 2 saturated heterocycles. The highest BCUT2D eigenvalue weighted by Gasteiger charge is 2.45. The van der Waals surface area contributed by atoms with E-state index in [9.17, 15) is 34.8 Å². The Morgan fingerprint density at radius 2 is 1.79 bits per heavy atom. The summed E-state index contributed by atoms with van der Waals surface area (Å²) >= 11 is 0. The van der Waals surface area contributed by atoms with Gasteiger partial charge in [-0.2, -0.15) is 0 Å². The lowest BCUT2D eigenvalue weighted by atomic mass is 9.81. The summed E-state index contributed by atoms with van der Waals surface area (Å²) in [6, 6.07) is -1.00. The number of ether oxygens (including phenoxy) is 2. The van der Waals surface area contributed by atoms with Crippen LogP contribution in [0, 0.1) is 5.41 Å². The zero-order valence-electron chi connectivity index (χ0n) is 19.9. The molecule has 2 fully saturated rings. The lowest BCUT2D eigenvalue weighted by Crippen LogP contribution is -2.64. The molecule has 12 nitrogen and oxygen atoms in total. The highest BCUT2D eigenvalue weighted by Crippen LogP contribution is 2.29. The molecule has 12 heteroatoms. The Labute approximate surface area is 199 Å². The highest BCUT2D eigenvalue weighted by atomic mass is 16.7. The summed E-state index contributed by atoms with van der Waals surface area (Å²) in [7, 11) is 0. The lowest BCUT2D eigenvalue weighted by molar-refractivity contribution is -0.270. The van der Waals surface area contributed by atoms with Gasteiger partial charge in [0.2, 0.25) is 17.7 Å². The summed E-state index contributed by atoms with van der Waals surface area (Å²) in [5.74, 6) is -0.835. The molecule has 3 amide bonds. The third-order valence-corrected chi connectivity index (χ3v) is 6.47. The van der Waals surface area contributed by atoms with Gasteiger partial charge in [-0.1, -0.05) is 6.92 Å². The molecular weight excluding hydrogens is 450 g/mol. The van der Waals surface area contributed by atoms with Crippen molar-refractivity contribution < 1.29 is 44.3 Å². The number of carbonyl (C=O) groups is 3. The topological polar surface area (TPSA) is 178 Å². The Balaban J connectivity index is 1.66. The third kappa shape index (κ3) is 8.14. The van der Waals surface area contributed by atoms with E-state index in [-0.39, 0.29) is 43.4 Å². The molecule has 0 aliphatic carbocycles. The minimum Gasteiger partial charge on any atom is -0.396 e. The quantitative estimate of drug-likeness (QED) is 0.177. The summed E-state index contributed by atoms with van der Waals surface area (Å²) in [6.07, 6.45) is -2.27. The van der Waals surface area contributed by atoms with E-state index in [1.807, 2.05) is 6.92 Å². The second kappa shape index (κ2) is 13.3. The van der Waals surface area contributed by atoms with Gasteiger partial charge in [0, 0.05) is 39.6 Å². The number of hydrogen-bond donors (Lipinski definition) is 6. The Morgan fingerprint density at radius 1 is 1.12 bits per heavy atom. The number of rotatable bonds is 11. The molecule has 34 heavy (non-hydrogen) atoms. The average Bonchev–Trinajstić information content (AvgIpc) is 2.81. The fourth-order valence-electron chi connectivity index (χ4n) is 4.03. The van der Waals surface area contributed by atoms with Crippen molar-refractivity contribution in [1.29, 1.82) is 0 Å². The van der Waals surface area contributed by atoms with Crippen LogP contribution in [-0.2, 0) is 23.9 Å². The maximum atomic E-state index is 12.3. The van der Waals surface area contributed by atoms with Crippen LogP contribution in [0.5, 0.6) is 0 Å². The number of aliphatic hydroxyl groups excluding tert-OH is 4. The summed E-state index contributed by atoms with van der Waals surface area (Å²) in [5.41, 5.74) is -0.149. The van der Waals surface area contributed by atoms with E-state index in [0.29, 0.717) is 25.9 Å². The van der Waals surface area contributed by atoms with Crippen molar-refractivity contribution in [2.75, 3.05) is 39.5 Å². The Bertz CT molecular complexity index is 685. The number of carbonyl (C=O) groups excluding carboxylic acids is 3. The molecule has 0 aromatic carbocycles. The summed E-state index contributed by atoms with van der Waals surface area (Å²) in [6.45, 7) is 4.05. The number of amides is 3. The molecule has 2 aliphatic heterocycles. The van der Waals surface area contributed by atoms with E-state index in [4.69, 9.17) is 9.47 Å². The number of piperidine rings is 1. The second-order valence-corrected chi connectivity index (χ2v) is 9.39. The van der Waals surface area contributed by atoms with Gasteiger partial charge in [-0.25, -0.2) is 0 Å². The molecule has 196 valence electrons. The minimum atomic E-state index is -1.38. The fourth-order valence-corrected chi connectivity index (χ4v) is 4.03. The molecule has 0 bridgehead atoms. The molecule has 2 rings (SSSR count). The fraction of sp³-hybridized carbons (Fsp3) is 0.864. The van der Waals surface area contributed by atoms with Gasteiger partial charge in [-0.3, -0.25) is 14.4 Å². The molecule has 0 saturated carbocycles. The van der Waals surface area contributed by atoms with Gasteiger partial charge in [0.05, 0.1) is 13.2 Å². The van der Waals surface area contributed by atoms with Crippen molar-refractivity contribution in [3.8, 4) is 0 Å². The third-order valence-electron chi connectivity index (χ3n) is 6.47. The van der Waals surface area contributed by atoms with Gasteiger partial charge in [0.1, 0.15) is 24.4 Å². The van der Waals surface area contributed by atoms with E-state index >= 15 is 0 Å². The minimum absolute atomic E-state index is 0.0672. The van der Waals surface area contributed by atoms with E-state index in [1.165, 1.54) is 6.92 Å². The first-order valence-corrected chi connectivity index (χ1v) is 11.8. The molecule has 0 aromatic heterocycles. The van der Waals surface area contributed by atoms with Crippen molar-refractivity contribution in [3.05, 3.63) is 0 Å². The van der Waals surface area contributed by atoms with Crippen molar-refractivity contribution in [2.45, 2.75) is 76.6 Å². The number of likely N-dealkylation sites (tertiary alicyclic amines) is 1. The Kier molecular flexibility index (Phi) is 11.1.